The molecular formula is C16H23N3. The second-order valence-corrected chi connectivity index (χ2v) is 4.97. The molecule has 0 amide bonds. The average molecular weight is 257 g/mol. The number of anilines is 1. The third-order valence-corrected chi connectivity index (χ3v) is 3.39. The van der Waals surface area contributed by atoms with Crippen LogP contribution in [0.1, 0.15) is 45.4 Å². The lowest BCUT2D eigenvalue weighted by atomic mass is 10.1. The molecule has 0 aliphatic rings. The number of unbranched alkanes of at least 4 members (excludes halogenated alkanes) is 5. The van der Waals surface area contributed by atoms with E-state index in [4.69, 9.17) is 0 Å². The Morgan fingerprint density at radius 3 is 2.68 bits per heavy atom. The molecule has 1 N–H and O–H groups in total. The van der Waals surface area contributed by atoms with Gasteiger partial charge in [-0.15, -0.1) is 5.10 Å². The van der Waals surface area contributed by atoms with E-state index in [2.05, 4.69) is 34.6 Å². The Bertz CT molecular complexity index is 491. The van der Waals surface area contributed by atoms with Gasteiger partial charge in [-0.05, 0) is 6.42 Å². The fraction of sp³-hybridized carbons (Fsp3) is 0.500. The number of hydrogen-bond acceptors (Lipinski definition) is 3. The van der Waals surface area contributed by atoms with Gasteiger partial charge < -0.3 is 5.32 Å². The normalized spacial score (nSPS) is 10.8. The molecule has 2 rings (SSSR count). The van der Waals surface area contributed by atoms with Crippen molar-refractivity contribution in [3.63, 3.8) is 0 Å². The minimum absolute atomic E-state index is 0.909. The number of hydrogen-bond donors (Lipinski definition) is 1. The van der Waals surface area contributed by atoms with Crippen LogP contribution in [0.4, 0.5) is 5.82 Å². The molecule has 1 heterocycles. The van der Waals surface area contributed by atoms with Crippen molar-refractivity contribution >= 4 is 16.6 Å². The molecule has 102 valence electrons. The Morgan fingerprint density at radius 2 is 1.79 bits per heavy atom. The summed E-state index contributed by atoms with van der Waals surface area (Å²) in [7, 11) is 0. The van der Waals surface area contributed by atoms with Crippen molar-refractivity contribution in [2.24, 2.45) is 0 Å². The lowest BCUT2D eigenvalue weighted by molar-refractivity contribution is 0.616. The number of benzene rings is 1. The minimum Gasteiger partial charge on any atom is -0.368 e. The molecule has 0 fully saturated rings. The van der Waals surface area contributed by atoms with Gasteiger partial charge in [0.25, 0.3) is 0 Å². The van der Waals surface area contributed by atoms with Crippen LogP contribution in [-0.2, 0) is 0 Å². The molecule has 3 heteroatoms. The second kappa shape index (κ2) is 7.72. The molecule has 0 radical (unpaired) electrons. The van der Waals surface area contributed by atoms with Gasteiger partial charge in [0.15, 0.2) is 5.82 Å². The first kappa shape index (κ1) is 13.8. The fourth-order valence-electron chi connectivity index (χ4n) is 2.27. The zero-order chi connectivity index (χ0) is 13.3. The van der Waals surface area contributed by atoms with E-state index in [-0.39, 0.29) is 0 Å². The molecule has 0 aliphatic carbocycles. The molecule has 0 bridgehead atoms. The van der Waals surface area contributed by atoms with E-state index in [1.807, 2.05) is 18.3 Å². The highest BCUT2D eigenvalue weighted by atomic mass is 15.2. The van der Waals surface area contributed by atoms with Crippen LogP contribution in [0.25, 0.3) is 10.8 Å². The van der Waals surface area contributed by atoms with Gasteiger partial charge in [0, 0.05) is 17.3 Å². The summed E-state index contributed by atoms with van der Waals surface area (Å²) in [6.07, 6.45) is 9.69. The summed E-state index contributed by atoms with van der Waals surface area (Å²) in [6, 6.07) is 8.23. The van der Waals surface area contributed by atoms with E-state index in [0.29, 0.717) is 0 Å². The number of aromatic nitrogens is 2. The van der Waals surface area contributed by atoms with Crippen LogP contribution in [0, 0.1) is 0 Å². The van der Waals surface area contributed by atoms with Gasteiger partial charge in [0.05, 0.1) is 6.20 Å². The lowest BCUT2D eigenvalue weighted by Gasteiger charge is -2.07. The largest absolute Gasteiger partial charge is 0.368 e. The Labute approximate surface area is 115 Å². The summed E-state index contributed by atoms with van der Waals surface area (Å²) in [5, 5.41) is 13.9. The van der Waals surface area contributed by atoms with E-state index in [1.165, 1.54) is 38.5 Å². The van der Waals surface area contributed by atoms with Gasteiger partial charge in [-0.2, -0.15) is 5.10 Å². The maximum Gasteiger partial charge on any atom is 0.156 e. The van der Waals surface area contributed by atoms with Crippen molar-refractivity contribution in [2.45, 2.75) is 45.4 Å². The maximum atomic E-state index is 4.19. The van der Waals surface area contributed by atoms with Crippen LogP contribution < -0.4 is 5.32 Å². The van der Waals surface area contributed by atoms with Crippen molar-refractivity contribution in [2.75, 3.05) is 11.9 Å². The Morgan fingerprint density at radius 1 is 1.00 bits per heavy atom. The second-order valence-electron chi connectivity index (χ2n) is 4.97. The van der Waals surface area contributed by atoms with Gasteiger partial charge >= 0.3 is 0 Å². The van der Waals surface area contributed by atoms with Crippen molar-refractivity contribution in [3.05, 3.63) is 30.5 Å². The summed E-state index contributed by atoms with van der Waals surface area (Å²) < 4.78 is 0. The summed E-state index contributed by atoms with van der Waals surface area (Å²) >= 11 is 0. The SMILES string of the molecule is CCCCCCCCNc1nncc2ccccc12. The highest BCUT2D eigenvalue weighted by Crippen LogP contribution is 2.19. The predicted octanol–water partition coefficient (Wildman–Crippen LogP) is 4.40. The molecule has 3 nitrogen and oxygen atoms in total. The Hall–Kier alpha value is -1.64. The first-order valence-corrected chi connectivity index (χ1v) is 7.36. The van der Waals surface area contributed by atoms with E-state index >= 15 is 0 Å². The van der Waals surface area contributed by atoms with Crippen molar-refractivity contribution < 1.29 is 0 Å². The topological polar surface area (TPSA) is 37.8 Å². The van der Waals surface area contributed by atoms with E-state index < -0.39 is 0 Å². The molecule has 0 aliphatic heterocycles. The summed E-state index contributed by atoms with van der Waals surface area (Å²) in [4.78, 5) is 0. The van der Waals surface area contributed by atoms with E-state index in [0.717, 1.165) is 23.1 Å². The zero-order valence-corrected chi connectivity index (χ0v) is 11.7. The number of nitrogens with one attached hydrogen (secondary N) is 1. The standard InChI is InChI=1S/C16H23N3/c1-2-3-4-5-6-9-12-17-16-15-11-8-7-10-14(15)13-18-19-16/h7-8,10-11,13H,2-6,9,12H2,1H3,(H,17,19). The molecule has 0 saturated heterocycles. The molecule has 0 spiro atoms. The predicted molar refractivity (Wildman–Crippen MR) is 81.4 cm³/mol. The van der Waals surface area contributed by atoms with Gasteiger partial charge in [-0.3, -0.25) is 0 Å². The molecule has 1 aromatic carbocycles. The van der Waals surface area contributed by atoms with Crippen molar-refractivity contribution in [3.8, 4) is 0 Å². The van der Waals surface area contributed by atoms with E-state index in [9.17, 15) is 0 Å². The quantitative estimate of drug-likeness (QED) is 0.712. The van der Waals surface area contributed by atoms with Crippen LogP contribution in [0.3, 0.4) is 0 Å². The van der Waals surface area contributed by atoms with Gasteiger partial charge in [0.1, 0.15) is 0 Å². The summed E-state index contributed by atoms with van der Waals surface area (Å²) in [6.45, 7) is 3.23. The van der Waals surface area contributed by atoms with Gasteiger partial charge in [0.2, 0.25) is 0 Å². The van der Waals surface area contributed by atoms with Crippen LogP contribution in [0.2, 0.25) is 0 Å². The van der Waals surface area contributed by atoms with Gasteiger partial charge in [-0.1, -0.05) is 63.3 Å². The molecule has 0 atom stereocenters. The number of fused-ring (bicyclic) bond motifs is 1. The minimum atomic E-state index is 0.909. The van der Waals surface area contributed by atoms with Crippen molar-refractivity contribution in [1.82, 2.24) is 10.2 Å². The number of rotatable bonds is 8. The summed E-state index contributed by atoms with van der Waals surface area (Å²) in [5.41, 5.74) is 0. The van der Waals surface area contributed by atoms with Crippen LogP contribution in [-0.4, -0.2) is 16.7 Å². The molecule has 2 aromatic rings. The number of nitrogens with zero attached hydrogens (tertiary/aromatic N) is 2. The smallest absolute Gasteiger partial charge is 0.156 e. The third kappa shape index (κ3) is 4.19. The van der Waals surface area contributed by atoms with Crippen LogP contribution >= 0.6 is 0 Å². The highest BCUT2D eigenvalue weighted by molar-refractivity contribution is 5.90. The maximum absolute atomic E-state index is 4.19. The first-order chi connectivity index (χ1) is 9.42. The Kier molecular flexibility index (Phi) is 5.60. The Balaban J connectivity index is 1.78. The van der Waals surface area contributed by atoms with Crippen LogP contribution in [0.15, 0.2) is 30.5 Å². The monoisotopic (exact) mass is 257 g/mol. The van der Waals surface area contributed by atoms with Crippen LogP contribution in [0.5, 0.6) is 0 Å². The molecule has 0 saturated carbocycles. The summed E-state index contributed by atoms with van der Waals surface area (Å²) in [5.74, 6) is 0.909. The highest BCUT2D eigenvalue weighted by Gasteiger charge is 2.01. The van der Waals surface area contributed by atoms with Gasteiger partial charge in [-0.25, -0.2) is 0 Å². The molecular weight excluding hydrogens is 234 g/mol. The molecule has 0 unspecified atom stereocenters. The molecule has 1 aromatic heterocycles. The third-order valence-electron chi connectivity index (χ3n) is 3.39. The van der Waals surface area contributed by atoms with Crippen molar-refractivity contribution in [1.29, 1.82) is 0 Å². The zero-order valence-electron chi connectivity index (χ0n) is 11.7. The first-order valence-electron chi connectivity index (χ1n) is 7.36. The average Bonchev–Trinajstić information content (AvgIpc) is 2.46. The molecule has 19 heavy (non-hydrogen) atoms. The lowest BCUT2D eigenvalue weighted by Crippen LogP contribution is -2.04. The fourth-order valence-corrected chi connectivity index (χ4v) is 2.27. The van der Waals surface area contributed by atoms with E-state index in [1.54, 1.807) is 0 Å².